The van der Waals surface area contributed by atoms with Crippen LogP contribution in [0, 0.1) is 20.8 Å². The minimum absolute atomic E-state index is 0.0485. The molecule has 2 heterocycles. The first kappa shape index (κ1) is 13.7. The molecular weight excluding hydrogens is 255 g/mol. The molecule has 0 spiro atoms. The normalized spacial score (nSPS) is 24.5. The maximum absolute atomic E-state index is 10.4. The van der Waals surface area contributed by atoms with Crippen molar-refractivity contribution in [2.24, 2.45) is 0 Å². The third-order valence-corrected chi connectivity index (χ3v) is 3.77. The van der Waals surface area contributed by atoms with Crippen molar-refractivity contribution in [1.29, 1.82) is 0 Å². The van der Waals surface area contributed by atoms with Gasteiger partial charge in [0.1, 0.15) is 0 Å². The average molecular weight is 274 g/mol. The van der Waals surface area contributed by atoms with Crippen molar-refractivity contribution >= 4 is 12.6 Å². The quantitative estimate of drug-likeness (QED) is 0.845. The molecule has 0 aromatic heterocycles. The largest absolute Gasteiger partial charge is 0.560 e. The lowest BCUT2D eigenvalue weighted by Crippen LogP contribution is -2.38. The second kappa shape index (κ2) is 5.24. The molecule has 0 saturated carbocycles. The SMILES string of the molecule is Cc1cc(C)c(B(O)OC2=CC3OCC(C2)O3)c(C)c1. The molecule has 3 rings (SSSR count). The molecular formula is C15H19BO4. The van der Waals surface area contributed by atoms with Crippen molar-refractivity contribution in [1.82, 2.24) is 0 Å². The van der Waals surface area contributed by atoms with Gasteiger partial charge in [-0.3, -0.25) is 0 Å². The van der Waals surface area contributed by atoms with Gasteiger partial charge in [-0.2, -0.15) is 0 Å². The number of fused-ring (bicyclic) bond motifs is 2. The van der Waals surface area contributed by atoms with Crippen LogP contribution in [0.2, 0.25) is 0 Å². The second-order valence-electron chi connectivity index (χ2n) is 5.58. The number of rotatable bonds is 3. The number of aryl methyl sites for hydroxylation is 3. The van der Waals surface area contributed by atoms with Gasteiger partial charge < -0.3 is 19.2 Å². The van der Waals surface area contributed by atoms with E-state index in [9.17, 15) is 5.02 Å². The van der Waals surface area contributed by atoms with Crippen molar-refractivity contribution in [2.45, 2.75) is 39.6 Å². The Morgan fingerprint density at radius 3 is 2.60 bits per heavy atom. The zero-order valence-corrected chi connectivity index (χ0v) is 12.1. The van der Waals surface area contributed by atoms with E-state index < -0.39 is 7.12 Å². The van der Waals surface area contributed by atoms with Crippen LogP contribution in [0.3, 0.4) is 0 Å². The zero-order valence-electron chi connectivity index (χ0n) is 12.1. The molecule has 20 heavy (non-hydrogen) atoms. The van der Waals surface area contributed by atoms with Crippen molar-refractivity contribution in [3.8, 4) is 0 Å². The Balaban J connectivity index is 1.78. The minimum atomic E-state index is -0.945. The van der Waals surface area contributed by atoms with Crippen LogP contribution < -0.4 is 5.46 Å². The molecule has 1 saturated heterocycles. The van der Waals surface area contributed by atoms with E-state index >= 15 is 0 Å². The topological polar surface area (TPSA) is 47.9 Å². The van der Waals surface area contributed by atoms with E-state index in [-0.39, 0.29) is 12.4 Å². The van der Waals surface area contributed by atoms with E-state index in [4.69, 9.17) is 14.1 Å². The molecule has 106 valence electrons. The van der Waals surface area contributed by atoms with Crippen molar-refractivity contribution in [3.05, 3.63) is 40.7 Å². The Morgan fingerprint density at radius 1 is 1.25 bits per heavy atom. The second-order valence-corrected chi connectivity index (χ2v) is 5.58. The first-order valence-corrected chi connectivity index (χ1v) is 6.93. The summed E-state index contributed by atoms with van der Waals surface area (Å²) >= 11 is 0. The number of benzene rings is 1. The molecule has 0 radical (unpaired) electrons. The lowest BCUT2D eigenvalue weighted by molar-refractivity contribution is -0.0318. The van der Waals surface area contributed by atoms with Gasteiger partial charge in [-0.15, -0.1) is 0 Å². The van der Waals surface area contributed by atoms with Crippen LogP contribution in [-0.4, -0.2) is 31.1 Å². The summed E-state index contributed by atoms with van der Waals surface area (Å²) in [6.07, 6.45) is 2.17. The number of hydrogen-bond acceptors (Lipinski definition) is 4. The van der Waals surface area contributed by atoms with Crippen molar-refractivity contribution < 1.29 is 19.2 Å². The summed E-state index contributed by atoms with van der Waals surface area (Å²) in [5.74, 6) is 0.746. The van der Waals surface area contributed by atoms with Gasteiger partial charge in [0.2, 0.25) is 0 Å². The summed E-state index contributed by atoms with van der Waals surface area (Å²) in [4.78, 5) is 0. The Morgan fingerprint density at radius 2 is 1.95 bits per heavy atom. The molecule has 4 nitrogen and oxygen atoms in total. The van der Waals surface area contributed by atoms with Gasteiger partial charge in [-0.25, -0.2) is 0 Å². The highest BCUT2D eigenvalue weighted by atomic mass is 16.7. The summed E-state index contributed by atoms with van der Waals surface area (Å²) in [5.41, 5.74) is 4.12. The molecule has 2 aliphatic rings. The standard InChI is InChI=1S/C15H19BO4/c1-9-4-10(2)15(11(3)5-9)16(17)20-12-6-13-8-18-14(7-12)19-13/h4-5,7,13-14,17H,6,8H2,1-3H3. The maximum Gasteiger partial charge on any atom is 0.560 e. The Hall–Kier alpha value is -1.30. The minimum Gasteiger partial charge on any atom is -0.536 e. The van der Waals surface area contributed by atoms with Gasteiger partial charge in [-0.1, -0.05) is 17.7 Å². The predicted octanol–water partition coefficient (Wildman–Crippen LogP) is 1.35. The first-order valence-electron chi connectivity index (χ1n) is 6.93. The summed E-state index contributed by atoms with van der Waals surface area (Å²) in [6, 6.07) is 4.11. The highest BCUT2D eigenvalue weighted by Gasteiger charge is 2.33. The van der Waals surface area contributed by atoms with Crippen LogP contribution in [0.1, 0.15) is 23.1 Å². The Bertz CT molecular complexity index is 532. The van der Waals surface area contributed by atoms with Gasteiger partial charge >= 0.3 is 7.12 Å². The highest BCUT2D eigenvalue weighted by Crippen LogP contribution is 2.27. The van der Waals surface area contributed by atoms with Crippen LogP contribution in [0.15, 0.2) is 24.0 Å². The lowest BCUT2D eigenvalue weighted by Gasteiger charge is -2.22. The highest BCUT2D eigenvalue weighted by molar-refractivity contribution is 6.61. The van der Waals surface area contributed by atoms with Crippen molar-refractivity contribution in [2.75, 3.05) is 6.61 Å². The van der Waals surface area contributed by atoms with Gasteiger partial charge in [0.15, 0.2) is 6.29 Å². The third kappa shape index (κ3) is 2.61. The average Bonchev–Trinajstić information content (AvgIpc) is 2.67. The molecule has 2 aliphatic heterocycles. The van der Waals surface area contributed by atoms with Crippen LogP contribution in [-0.2, 0) is 14.1 Å². The van der Waals surface area contributed by atoms with Crippen LogP contribution in [0.25, 0.3) is 0 Å². The molecule has 1 aromatic rings. The third-order valence-electron chi connectivity index (χ3n) is 3.77. The number of ether oxygens (including phenoxy) is 2. The molecule has 0 aliphatic carbocycles. The molecule has 1 fully saturated rings. The molecule has 1 N–H and O–H groups in total. The van der Waals surface area contributed by atoms with Gasteiger partial charge in [0.05, 0.1) is 18.5 Å². The van der Waals surface area contributed by atoms with E-state index in [1.54, 1.807) is 6.08 Å². The van der Waals surface area contributed by atoms with Crippen molar-refractivity contribution in [3.63, 3.8) is 0 Å². The lowest BCUT2D eigenvalue weighted by atomic mass is 9.73. The van der Waals surface area contributed by atoms with E-state index in [1.165, 1.54) is 5.56 Å². The molecule has 2 unspecified atom stereocenters. The molecule has 2 atom stereocenters. The molecule has 5 heteroatoms. The van der Waals surface area contributed by atoms with Gasteiger partial charge in [-0.05, 0) is 31.9 Å². The van der Waals surface area contributed by atoms with Crippen LogP contribution in [0.4, 0.5) is 0 Å². The Kier molecular flexibility index (Phi) is 3.58. The summed E-state index contributed by atoms with van der Waals surface area (Å²) < 4.78 is 16.6. The fraction of sp³-hybridized carbons (Fsp3) is 0.467. The van der Waals surface area contributed by atoms with E-state index in [1.807, 2.05) is 20.8 Å². The summed E-state index contributed by atoms with van der Waals surface area (Å²) in [6.45, 7) is 6.62. The zero-order chi connectivity index (χ0) is 14.3. The summed E-state index contributed by atoms with van der Waals surface area (Å²) in [5, 5.41) is 10.4. The smallest absolute Gasteiger partial charge is 0.536 e. The summed E-state index contributed by atoms with van der Waals surface area (Å²) in [7, 11) is -0.945. The monoisotopic (exact) mass is 274 g/mol. The first-order chi connectivity index (χ1) is 9.52. The fourth-order valence-corrected chi connectivity index (χ4v) is 2.98. The van der Waals surface area contributed by atoms with Gasteiger partial charge in [0.25, 0.3) is 0 Å². The predicted molar refractivity (Wildman–Crippen MR) is 76.7 cm³/mol. The maximum atomic E-state index is 10.4. The fourth-order valence-electron chi connectivity index (χ4n) is 2.98. The van der Waals surface area contributed by atoms with E-state index in [2.05, 4.69) is 12.1 Å². The number of hydrogen-bond donors (Lipinski definition) is 1. The van der Waals surface area contributed by atoms with Gasteiger partial charge in [0, 0.05) is 18.0 Å². The molecule has 2 bridgehead atoms. The molecule has 1 aromatic carbocycles. The Labute approximate surface area is 119 Å². The van der Waals surface area contributed by atoms with E-state index in [0.717, 1.165) is 22.3 Å². The van der Waals surface area contributed by atoms with E-state index in [0.29, 0.717) is 13.0 Å². The molecule has 0 amide bonds. The van der Waals surface area contributed by atoms with Crippen LogP contribution >= 0.6 is 0 Å². The van der Waals surface area contributed by atoms with Crippen LogP contribution in [0.5, 0.6) is 0 Å².